The molecule has 70 valence electrons. The van der Waals surface area contributed by atoms with Gasteiger partial charge in [-0.25, -0.2) is 0 Å². The van der Waals surface area contributed by atoms with E-state index in [1.807, 2.05) is 0 Å². The van der Waals surface area contributed by atoms with E-state index >= 15 is 0 Å². The lowest BCUT2D eigenvalue weighted by Crippen LogP contribution is -2.42. The minimum atomic E-state index is 0.223. The summed E-state index contributed by atoms with van der Waals surface area (Å²) in [6.07, 6.45) is 5.33. The second-order valence-corrected chi connectivity index (χ2v) is 4.56. The maximum atomic E-state index is 11.7. The van der Waals surface area contributed by atoms with Crippen molar-refractivity contribution >= 4 is 5.78 Å². The Morgan fingerprint density at radius 1 is 1.00 bits per heavy atom. The average Bonchev–Trinajstić information content (AvgIpc) is 2.13. The fraction of sp³-hybridized carbons (Fsp3) is 0.900. The first-order chi connectivity index (χ1) is 6.34. The summed E-state index contributed by atoms with van der Waals surface area (Å²) in [5.41, 5.74) is 0. The molecule has 6 rings (SSSR count). The first kappa shape index (κ1) is 7.65. The number of nitrogens with zero attached hydrogens (tertiary/aromatic N) is 2. The number of ketones is 1. The van der Waals surface area contributed by atoms with Crippen molar-refractivity contribution in [1.82, 2.24) is 0 Å². The van der Waals surface area contributed by atoms with Crippen molar-refractivity contribution in [2.75, 3.05) is 0 Å². The van der Waals surface area contributed by atoms with Gasteiger partial charge in [-0.15, -0.1) is 0 Å². The van der Waals surface area contributed by atoms with Crippen LogP contribution in [0.1, 0.15) is 32.1 Å². The maximum Gasteiger partial charge on any atom is 0.138 e. The Balaban J connectivity index is 2.02. The van der Waals surface area contributed by atoms with E-state index < -0.39 is 0 Å². The van der Waals surface area contributed by atoms with Crippen LogP contribution in [0, 0.1) is 11.8 Å². The standard InChI is InChI=1S/C10H14N2O/c13-10-5-6-1-2-7(10)9-4-3-8(6)11-12-9/h6-9H,1-5H2. The molecule has 0 saturated heterocycles. The lowest BCUT2D eigenvalue weighted by Gasteiger charge is -2.39. The van der Waals surface area contributed by atoms with Crippen molar-refractivity contribution < 1.29 is 4.79 Å². The summed E-state index contributed by atoms with van der Waals surface area (Å²) in [6, 6.07) is 0.617. The highest BCUT2D eigenvalue weighted by molar-refractivity contribution is 5.83. The molecule has 6 aliphatic rings. The number of rotatable bonds is 0. The van der Waals surface area contributed by atoms with Gasteiger partial charge in [-0.1, -0.05) is 0 Å². The highest BCUT2D eigenvalue weighted by atomic mass is 16.1. The highest BCUT2D eigenvalue weighted by Gasteiger charge is 2.42. The van der Waals surface area contributed by atoms with E-state index in [1.165, 1.54) is 12.8 Å². The second-order valence-electron chi connectivity index (χ2n) is 4.56. The maximum absolute atomic E-state index is 11.7. The monoisotopic (exact) mass is 178 g/mol. The summed E-state index contributed by atoms with van der Waals surface area (Å²) in [4.78, 5) is 11.7. The molecule has 3 aliphatic heterocycles. The summed E-state index contributed by atoms with van der Waals surface area (Å²) >= 11 is 0. The van der Waals surface area contributed by atoms with Gasteiger partial charge in [0.1, 0.15) is 5.78 Å². The Bertz CT molecular complexity index is 274. The van der Waals surface area contributed by atoms with E-state index in [-0.39, 0.29) is 12.0 Å². The molecule has 3 fully saturated rings. The zero-order chi connectivity index (χ0) is 8.84. The Hall–Kier alpha value is -0.730. The topological polar surface area (TPSA) is 41.8 Å². The van der Waals surface area contributed by atoms with Crippen LogP contribution in [0.4, 0.5) is 0 Å². The minimum Gasteiger partial charge on any atom is -0.299 e. The molecule has 3 heterocycles. The van der Waals surface area contributed by atoms with Crippen LogP contribution in [0.15, 0.2) is 10.2 Å². The third-order valence-corrected chi connectivity index (χ3v) is 3.86. The molecule has 4 atom stereocenters. The molecule has 4 unspecified atom stereocenters. The SMILES string of the molecule is O=C1CC2CCC1C1CCC2N=N1. The fourth-order valence-corrected chi connectivity index (χ4v) is 3.04. The number of carbonyl (C=O) groups excluding carboxylic acids is 1. The smallest absolute Gasteiger partial charge is 0.138 e. The largest absolute Gasteiger partial charge is 0.299 e. The van der Waals surface area contributed by atoms with Crippen LogP contribution in [0.2, 0.25) is 0 Å². The van der Waals surface area contributed by atoms with E-state index in [0.29, 0.717) is 17.7 Å². The normalized spacial score (nSPS) is 47.8. The first-order valence-corrected chi connectivity index (χ1v) is 5.27. The Kier molecular flexibility index (Phi) is 1.55. The van der Waals surface area contributed by atoms with Crippen LogP contribution in [-0.4, -0.2) is 17.9 Å². The van der Waals surface area contributed by atoms with Crippen LogP contribution < -0.4 is 0 Å². The van der Waals surface area contributed by atoms with E-state index in [2.05, 4.69) is 10.2 Å². The van der Waals surface area contributed by atoms with Crippen LogP contribution in [0.3, 0.4) is 0 Å². The van der Waals surface area contributed by atoms with Crippen molar-refractivity contribution in [2.45, 2.75) is 44.2 Å². The van der Waals surface area contributed by atoms with Gasteiger partial charge >= 0.3 is 0 Å². The fourth-order valence-electron chi connectivity index (χ4n) is 3.04. The number of Topliss-reactive ketones (excluding diaryl/α,β-unsaturated/α-hetero) is 1. The van der Waals surface area contributed by atoms with E-state index in [4.69, 9.17) is 0 Å². The van der Waals surface area contributed by atoms with Gasteiger partial charge in [-0.3, -0.25) is 4.79 Å². The summed E-state index contributed by atoms with van der Waals surface area (Å²) < 4.78 is 0. The molecular weight excluding hydrogens is 164 g/mol. The molecule has 3 saturated carbocycles. The number of carbonyl (C=O) groups is 1. The molecule has 4 bridgehead atoms. The summed E-state index contributed by atoms with van der Waals surface area (Å²) in [7, 11) is 0. The van der Waals surface area contributed by atoms with Crippen molar-refractivity contribution in [3.63, 3.8) is 0 Å². The molecular formula is C10H14N2O. The van der Waals surface area contributed by atoms with Crippen LogP contribution in [-0.2, 0) is 4.79 Å². The van der Waals surface area contributed by atoms with Crippen molar-refractivity contribution in [1.29, 1.82) is 0 Å². The third kappa shape index (κ3) is 1.06. The summed E-state index contributed by atoms with van der Waals surface area (Å²) in [6.45, 7) is 0. The predicted molar refractivity (Wildman–Crippen MR) is 47.5 cm³/mol. The van der Waals surface area contributed by atoms with Crippen molar-refractivity contribution in [3.05, 3.63) is 0 Å². The van der Waals surface area contributed by atoms with Gasteiger partial charge in [0.15, 0.2) is 0 Å². The van der Waals surface area contributed by atoms with Crippen LogP contribution >= 0.6 is 0 Å². The van der Waals surface area contributed by atoms with Gasteiger partial charge in [0, 0.05) is 12.3 Å². The van der Waals surface area contributed by atoms with E-state index in [9.17, 15) is 4.79 Å². The van der Waals surface area contributed by atoms with Gasteiger partial charge < -0.3 is 0 Å². The molecule has 0 spiro atoms. The van der Waals surface area contributed by atoms with Gasteiger partial charge in [0.05, 0.1) is 12.1 Å². The lowest BCUT2D eigenvalue weighted by atomic mass is 9.69. The van der Waals surface area contributed by atoms with E-state index in [0.717, 1.165) is 19.3 Å². The third-order valence-electron chi connectivity index (χ3n) is 3.86. The Morgan fingerprint density at radius 3 is 2.46 bits per heavy atom. The van der Waals surface area contributed by atoms with Gasteiger partial charge in [0.2, 0.25) is 0 Å². The molecule has 3 nitrogen and oxygen atoms in total. The minimum absolute atomic E-state index is 0.223. The summed E-state index contributed by atoms with van der Waals surface area (Å²) in [5, 5.41) is 8.63. The van der Waals surface area contributed by atoms with Crippen LogP contribution in [0.5, 0.6) is 0 Å². The molecule has 0 radical (unpaired) electrons. The highest BCUT2D eigenvalue weighted by Crippen LogP contribution is 2.41. The van der Waals surface area contributed by atoms with Crippen LogP contribution in [0.25, 0.3) is 0 Å². The molecule has 0 N–H and O–H groups in total. The Labute approximate surface area is 77.6 Å². The zero-order valence-electron chi connectivity index (χ0n) is 7.65. The molecule has 3 heteroatoms. The molecule has 3 aliphatic carbocycles. The predicted octanol–water partition coefficient (Wildman–Crippen LogP) is 1.97. The number of hydrogen-bond acceptors (Lipinski definition) is 3. The van der Waals surface area contributed by atoms with E-state index in [1.54, 1.807) is 0 Å². The lowest BCUT2D eigenvalue weighted by molar-refractivity contribution is -0.128. The quantitative estimate of drug-likeness (QED) is 0.559. The molecule has 0 aromatic rings. The second kappa shape index (κ2) is 2.63. The van der Waals surface area contributed by atoms with Crippen molar-refractivity contribution in [2.24, 2.45) is 22.1 Å². The average molecular weight is 178 g/mol. The molecule has 13 heavy (non-hydrogen) atoms. The first-order valence-electron chi connectivity index (χ1n) is 5.27. The van der Waals surface area contributed by atoms with Gasteiger partial charge in [-0.2, -0.15) is 10.2 Å². The van der Waals surface area contributed by atoms with Gasteiger partial charge in [-0.05, 0) is 31.6 Å². The summed E-state index contributed by atoms with van der Waals surface area (Å²) in [5.74, 6) is 1.21. The Morgan fingerprint density at radius 2 is 1.77 bits per heavy atom. The zero-order valence-corrected chi connectivity index (χ0v) is 7.65. The molecule has 0 aromatic heterocycles. The molecule has 0 aromatic carbocycles. The van der Waals surface area contributed by atoms with Crippen molar-refractivity contribution in [3.8, 4) is 0 Å². The number of azo groups is 1. The van der Waals surface area contributed by atoms with Gasteiger partial charge in [0.25, 0.3) is 0 Å². The molecule has 0 amide bonds. The number of hydrogen-bond donors (Lipinski definition) is 0.